The summed E-state index contributed by atoms with van der Waals surface area (Å²) in [5, 5.41) is 28.7. The zero-order chi connectivity index (χ0) is 10.6. The number of hydrogen-bond acceptors (Lipinski definition) is 4. The molecule has 0 unspecified atom stereocenters. The highest BCUT2D eigenvalue weighted by molar-refractivity contribution is 5.18. The fourth-order valence-corrected chi connectivity index (χ4v) is 1.15. The first-order chi connectivity index (χ1) is 6.66. The van der Waals surface area contributed by atoms with E-state index in [0.717, 1.165) is 0 Å². The molecule has 0 radical (unpaired) electrons. The van der Waals surface area contributed by atoms with Crippen LogP contribution >= 0.6 is 0 Å². The van der Waals surface area contributed by atoms with E-state index in [1.807, 2.05) is 0 Å². The quantitative estimate of drug-likeness (QED) is 0.539. The number of hydrogen-bond donors (Lipinski definition) is 2. The molecule has 0 fully saturated rings. The van der Waals surface area contributed by atoms with E-state index < -0.39 is 23.7 Å². The minimum atomic E-state index is -1.36. The third kappa shape index (κ3) is 2.27. The van der Waals surface area contributed by atoms with Crippen molar-refractivity contribution < 1.29 is 15.1 Å². The molecule has 0 amide bonds. The highest BCUT2D eigenvalue weighted by Crippen LogP contribution is 2.17. The van der Waals surface area contributed by atoms with E-state index in [4.69, 9.17) is 5.11 Å². The molecule has 1 rings (SSSR count). The van der Waals surface area contributed by atoms with E-state index in [0.29, 0.717) is 5.56 Å². The standard InChI is InChI=1S/C9H11NO4/c11-6-8(10(13)14)9(12)7-4-2-1-3-5-7/h1-5,8-9,11-12H,6H2/t8-,9+/m1/s1. The maximum Gasteiger partial charge on any atom is 0.265 e. The van der Waals surface area contributed by atoms with Crippen LogP contribution in [0, 0.1) is 10.1 Å². The van der Waals surface area contributed by atoms with Gasteiger partial charge in [0.05, 0.1) is 0 Å². The molecule has 1 aromatic carbocycles. The molecule has 14 heavy (non-hydrogen) atoms. The highest BCUT2D eigenvalue weighted by atomic mass is 16.6. The zero-order valence-electron chi connectivity index (χ0n) is 7.41. The number of aliphatic hydroxyl groups is 2. The summed E-state index contributed by atoms with van der Waals surface area (Å²) >= 11 is 0. The molecule has 0 saturated carbocycles. The Morgan fingerprint density at radius 3 is 2.36 bits per heavy atom. The molecule has 0 saturated heterocycles. The fourth-order valence-electron chi connectivity index (χ4n) is 1.15. The van der Waals surface area contributed by atoms with Gasteiger partial charge < -0.3 is 10.2 Å². The Hall–Kier alpha value is -1.46. The molecule has 2 atom stereocenters. The second-order valence-electron chi connectivity index (χ2n) is 2.89. The molecule has 0 heterocycles. The van der Waals surface area contributed by atoms with Crippen LogP contribution in [0.5, 0.6) is 0 Å². The number of aliphatic hydroxyl groups excluding tert-OH is 2. The second kappa shape index (κ2) is 4.69. The molecule has 5 nitrogen and oxygen atoms in total. The number of rotatable bonds is 4. The Morgan fingerprint density at radius 1 is 1.36 bits per heavy atom. The van der Waals surface area contributed by atoms with Crippen LogP contribution in [0.2, 0.25) is 0 Å². The molecule has 0 bridgehead atoms. The smallest absolute Gasteiger partial charge is 0.265 e. The van der Waals surface area contributed by atoms with Gasteiger partial charge >= 0.3 is 0 Å². The first-order valence-electron chi connectivity index (χ1n) is 4.14. The lowest BCUT2D eigenvalue weighted by atomic mass is 10.0. The van der Waals surface area contributed by atoms with Crippen LogP contribution in [0.3, 0.4) is 0 Å². The van der Waals surface area contributed by atoms with Crippen molar-refractivity contribution in [1.82, 2.24) is 0 Å². The molecule has 76 valence electrons. The van der Waals surface area contributed by atoms with Gasteiger partial charge in [0.25, 0.3) is 6.04 Å². The van der Waals surface area contributed by atoms with E-state index in [1.54, 1.807) is 30.3 Å². The summed E-state index contributed by atoms with van der Waals surface area (Å²) in [6.45, 7) is -0.678. The van der Waals surface area contributed by atoms with Gasteiger partial charge in [0.2, 0.25) is 0 Å². The Balaban J connectivity index is 2.83. The second-order valence-corrected chi connectivity index (χ2v) is 2.89. The van der Waals surface area contributed by atoms with Gasteiger partial charge in [0.1, 0.15) is 12.7 Å². The molecule has 0 aliphatic rings. The molecule has 0 aliphatic heterocycles. The van der Waals surface area contributed by atoms with Crippen molar-refractivity contribution in [2.45, 2.75) is 12.1 Å². The summed E-state index contributed by atoms with van der Waals surface area (Å²) < 4.78 is 0. The molecule has 2 N–H and O–H groups in total. The van der Waals surface area contributed by atoms with Crippen molar-refractivity contribution in [2.24, 2.45) is 0 Å². The summed E-state index contributed by atoms with van der Waals surface area (Å²) in [5.41, 5.74) is 0.434. The molecular formula is C9H11NO4. The van der Waals surface area contributed by atoms with Gasteiger partial charge in [0, 0.05) is 4.92 Å². The van der Waals surface area contributed by atoms with Gasteiger partial charge in [-0.05, 0) is 5.56 Å². The normalized spacial score (nSPS) is 14.7. The van der Waals surface area contributed by atoms with Crippen LogP contribution in [0.1, 0.15) is 11.7 Å². The maximum absolute atomic E-state index is 10.4. The van der Waals surface area contributed by atoms with Gasteiger partial charge in [-0.3, -0.25) is 10.1 Å². The minimum Gasteiger partial charge on any atom is -0.389 e. The van der Waals surface area contributed by atoms with Gasteiger partial charge in [-0.2, -0.15) is 0 Å². The SMILES string of the molecule is O=[N+]([O-])[C@H](CO)[C@@H](O)c1ccccc1. The van der Waals surface area contributed by atoms with Crippen LogP contribution in [0.4, 0.5) is 0 Å². The predicted molar refractivity (Wildman–Crippen MR) is 49.3 cm³/mol. The topological polar surface area (TPSA) is 83.6 Å². The Bertz CT molecular complexity index is 301. The van der Waals surface area contributed by atoms with Gasteiger partial charge in [0.15, 0.2) is 0 Å². The van der Waals surface area contributed by atoms with Crippen molar-refractivity contribution in [2.75, 3.05) is 6.61 Å². The van der Waals surface area contributed by atoms with Crippen molar-refractivity contribution in [3.8, 4) is 0 Å². The third-order valence-corrected chi connectivity index (χ3v) is 1.96. The summed E-state index contributed by atoms with van der Waals surface area (Å²) in [7, 11) is 0. The Kier molecular flexibility index (Phi) is 3.55. The maximum atomic E-state index is 10.4. The van der Waals surface area contributed by atoms with E-state index in [2.05, 4.69) is 0 Å². The molecule has 5 heteroatoms. The lowest BCUT2D eigenvalue weighted by Crippen LogP contribution is -2.31. The first kappa shape index (κ1) is 10.6. The predicted octanol–water partition coefficient (Wildman–Crippen LogP) is 0.358. The average molecular weight is 197 g/mol. The Labute approximate surface area is 80.8 Å². The Morgan fingerprint density at radius 2 is 1.93 bits per heavy atom. The van der Waals surface area contributed by atoms with Crippen LogP contribution in [0.15, 0.2) is 30.3 Å². The van der Waals surface area contributed by atoms with Crippen LogP contribution < -0.4 is 0 Å². The summed E-state index contributed by atoms with van der Waals surface area (Å²) in [5.74, 6) is 0. The van der Waals surface area contributed by atoms with Gasteiger partial charge in [-0.25, -0.2) is 0 Å². The minimum absolute atomic E-state index is 0.434. The molecule has 0 aliphatic carbocycles. The average Bonchev–Trinajstić information content (AvgIpc) is 2.19. The number of benzene rings is 1. The van der Waals surface area contributed by atoms with Crippen molar-refractivity contribution in [3.63, 3.8) is 0 Å². The third-order valence-electron chi connectivity index (χ3n) is 1.96. The van der Waals surface area contributed by atoms with Crippen LogP contribution in [-0.2, 0) is 0 Å². The lowest BCUT2D eigenvalue weighted by Gasteiger charge is -2.13. The molecule has 0 spiro atoms. The largest absolute Gasteiger partial charge is 0.389 e. The van der Waals surface area contributed by atoms with Crippen molar-refractivity contribution >= 4 is 0 Å². The van der Waals surface area contributed by atoms with E-state index in [-0.39, 0.29) is 0 Å². The van der Waals surface area contributed by atoms with Gasteiger partial charge in [-0.1, -0.05) is 30.3 Å². The van der Waals surface area contributed by atoms with Crippen LogP contribution in [-0.4, -0.2) is 27.8 Å². The fraction of sp³-hybridized carbons (Fsp3) is 0.333. The number of nitrogens with zero attached hydrogens (tertiary/aromatic N) is 1. The zero-order valence-corrected chi connectivity index (χ0v) is 7.41. The van der Waals surface area contributed by atoms with E-state index in [1.165, 1.54) is 0 Å². The summed E-state index contributed by atoms with van der Waals surface area (Å²) in [6, 6.07) is 6.89. The van der Waals surface area contributed by atoms with Crippen molar-refractivity contribution in [1.29, 1.82) is 0 Å². The van der Waals surface area contributed by atoms with E-state index >= 15 is 0 Å². The molecule has 1 aromatic rings. The molecule has 0 aromatic heterocycles. The van der Waals surface area contributed by atoms with E-state index in [9.17, 15) is 15.2 Å². The van der Waals surface area contributed by atoms with Gasteiger partial charge in [-0.15, -0.1) is 0 Å². The summed E-state index contributed by atoms with van der Waals surface area (Å²) in [6.07, 6.45) is -1.27. The lowest BCUT2D eigenvalue weighted by molar-refractivity contribution is -0.539. The highest BCUT2D eigenvalue weighted by Gasteiger charge is 2.29. The first-order valence-corrected chi connectivity index (χ1v) is 4.14. The van der Waals surface area contributed by atoms with Crippen LogP contribution in [0.25, 0.3) is 0 Å². The monoisotopic (exact) mass is 197 g/mol. The summed E-state index contributed by atoms with van der Waals surface area (Å²) in [4.78, 5) is 9.75. The number of nitro groups is 1. The molecular weight excluding hydrogens is 186 g/mol. The van der Waals surface area contributed by atoms with Crippen molar-refractivity contribution in [3.05, 3.63) is 46.0 Å².